The molecule has 1 unspecified atom stereocenters. The number of carbonyl (C=O) groups is 1. The van der Waals surface area contributed by atoms with Crippen molar-refractivity contribution >= 4 is 17.6 Å². The van der Waals surface area contributed by atoms with E-state index in [1.165, 1.54) is 0 Å². The van der Waals surface area contributed by atoms with Gasteiger partial charge in [-0.1, -0.05) is 23.7 Å². The van der Waals surface area contributed by atoms with Gasteiger partial charge >= 0.3 is 5.97 Å². The highest BCUT2D eigenvalue weighted by atomic mass is 35.5. The molecule has 1 aliphatic rings. The van der Waals surface area contributed by atoms with E-state index >= 15 is 0 Å². The number of benzene rings is 1. The van der Waals surface area contributed by atoms with Gasteiger partial charge in [0.2, 0.25) is 5.79 Å². The molecule has 16 heavy (non-hydrogen) atoms. The summed E-state index contributed by atoms with van der Waals surface area (Å²) >= 11 is 5.97. The highest BCUT2D eigenvalue weighted by molar-refractivity contribution is 6.32. The lowest BCUT2D eigenvalue weighted by atomic mass is 10.1. The third kappa shape index (κ3) is 1.86. The smallest absolute Gasteiger partial charge is 0.337 e. The van der Waals surface area contributed by atoms with Crippen LogP contribution in [0.25, 0.3) is 0 Å². The number of fused-ring (bicyclic) bond motifs is 1. The van der Waals surface area contributed by atoms with Gasteiger partial charge in [0.25, 0.3) is 0 Å². The molecule has 1 aromatic carbocycles. The second-order valence-electron chi connectivity index (χ2n) is 4.00. The number of halogens is 1. The molecule has 2 rings (SSSR count). The maximum atomic E-state index is 11.1. The van der Waals surface area contributed by atoms with Crippen molar-refractivity contribution in [3.05, 3.63) is 28.8 Å². The van der Waals surface area contributed by atoms with E-state index in [4.69, 9.17) is 26.2 Å². The van der Waals surface area contributed by atoms with Crippen molar-refractivity contribution in [3.8, 4) is 5.75 Å². The number of ether oxygens (including phenoxy) is 2. The molecular formula is C11H11ClO4. The standard InChI is InChI=1S/C11H11ClO4/c1-11(2)15-8-6(4-3-5-7(8)12)9(16-11)10(13)14/h3-5,9H,1-2H3,(H,13,14). The summed E-state index contributed by atoms with van der Waals surface area (Å²) in [5.41, 5.74) is 0.444. The molecule has 1 N–H and O–H groups in total. The van der Waals surface area contributed by atoms with E-state index in [1.807, 2.05) is 0 Å². The summed E-state index contributed by atoms with van der Waals surface area (Å²) in [6.07, 6.45) is -1.04. The first kappa shape index (κ1) is 11.2. The first-order valence-electron chi connectivity index (χ1n) is 4.79. The quantitative estimate of drug-likeness (QED) is 0.823. The van der Waals surface area contributed by atoms with Crippen LogP contribution in [0.3, 0.4) is 0 Å². The molecule has 0 amide bonds. The lowest BCUT2D eigenvalue weighted by Gasteiger charge is -2.36. The normalized spacial score (nSPS) is 22.1. The molecule has 1 heterocycles. The number of carboxylic acids is 1. The van der Waals surface area contributed by atoms with Gasteiger partial charge in [-0.15, -0.1) is 0 Å². The van der Waals surface area contributed by atoms with Crippen molar-refractivity contribution < 1.29 is 19.4 Å². The van der Waals surface area contributed by atoms with Crippen LogP contribution in [0.4, 0.5) is 0 Å². The second-order valence-corrected chi connectivity index (χ2v) is 4.40. The first-order valence-corrected chi connectivity index (χ1v) is 5.16. The van der Waals surface area contributed by atoms with Crippen LogP contribution in [0, 0.1) is 0 Å². The fourth-order valence-corrected chi connectivity index (χ4v) is 1.86. The van der Waals surface area contributed by atoms with Gasteiger partial charge in [0.05, 0.1) is 5.02 Å². The molecule has 1 aliphatic heterocycles. The van der Waals surface area contributed by atoms with Crippen LogP contribution < -0.4 is 4.74 Å². The minimum absolute atomic E-state index is 0.382. The van der Waals surface area contributed by atoms with Crippen molar-refractivity contribution in [2.75, 3.05) is 0 Å². The molecule has 5 heteroatoms. The van der Waals surface area contributed by atoms with E-state index in [2.05, 4.69) is 0 Å². The third-order valence-electron chi connectivity index (χ3n) is 2.25. The van der Waals surface area contributed by atoms with Crippen LogP contribution in [-0.4, -0.2) is 16.9 Å². The highest BCUT2D eigenvalue weighted by Crippen LogP contribution is 2.42. The lowest BCUT2D eigenvalue weighted by molar-refractivity contribution is -0.216. The van der Waals surface area contributed by atoms with E-state index in [1.54, 1.807) is 32.0 Å². The highest BCUT2D eigenvalue weighted by Gasteiger charge is 2.39. The van der Waals surface area contributed by atoms with E-state index in [0.29, 0.717) is 16.3 Å². The molecule has 4 nitrogen and oxygen atoms in total. The van der Waals surface area contributed by atoms with Gasteiger partial charge in [0.1, 0.15) is 5.75 Å². The minimum Gasteiger partial charge on any atom is -0.479 e. The van der Waals surface area contributed by atoms with Crippen LogP contribution in [-0.2, 0) is 9.53 Å². The van der Waals surface area contributed by atoms with Crippen LogP contribution in [0.2, 0.25) is 5.02 Å². The zero-order valence-corrected chi connectivity index (χ0v) is 9.62. The van der Waals surface area contributed by atoms with E-state index < -0.39 is 17.9 Å². The van der Waals surface area contributed by atoms with Gasteiger partial charge in [-0.05, 0) is 6.07 Å². The molecule has 0 bridgehead atoms. The molecule has 1 atom stereocenters. The molecule has 86 valence electrons. The summed E-state index contributed by atoms with van der Waals surface area (Å²) in [5.74, 6) is -1.67. The second kappa shape index (κ2) is 3.64. The summed E-state index contributed by atoms with van der Waals surface area (Å²) in [4.78, 5) is 11.1. The monoisotopic (exact) mass is 242 g/mol. The van der Waals surface area contributed by atoms with Gasteiger partial charge in [-0.2, -0.15) is 0 Å². The largest absolute Gasteiger partial charge is 0.479 e. The van der Waals surface area contributed by atoms with Crippen molar-refractivity contribution in [3.63, 3.8) is 0 Å². The zero-order chi connectivity index (χ0) is 11.9. The van der Waals surface area contributed by atoms with Crippen molar-refractivity contribution in [2.24, 2.45) is 0 Å². The van der Waals surface area contributed by atoms with Crippen molar-refractivity contribution in [1.82, 2.24) is 0 Å². The summed E-state index contributed by atoms with van der Waals surface area (Å²) < 4.78 is 10.8. The Morgan fingerprint density at radius 2 is 2.19 bits per heavy atom. The van der Waals surface area contributed by atoms with Crippen LogP contribution >= 0.6 is 11.6 Å². The Labute approximate surface area is 97.7 Å². The van der Waals surface area contributed by atoms with Crippen molar-refractivity contribution in [1.29, 1.82) is 0 Å². The molecule has 0 saturated carbocycles. The molecule has 0 saturated heterocycles. The summed E-state index contributed by atoms with van der Waals surface area (Å²) in [6, 6.07) is 4.96. The molecule has 0 spiro atoms. The SMILES string of the molecule is CC1(C)Oc2c(Cl)cccc2C(C(=O)O)O1. The average molecular weight is 243 g/mol. The fourth-order valence-electron chi connectivity index (χ4n) is 1.64. The number of para-hydroxylation sites is 1. The van der Waals surface area contributed by atoms with E-state index in [9.17, 15) is 4.79 Å². The average Bonchev–Trinajstić information content (AvgIpc) is 2.17. The maximum absolute atomic E-state index is 11.1. The third-order valence-corrected chi connectivity index (χ3v) is 2.55. The Balaban J connectivity index is 2.55. The molecule has 0 radical (unpaired) electrons. The molecule has 1 aromatic rings. The Kier molecular flexibility index (Phi) is 2.56. The van der Waals surface area contributed by atoms with E-state index in [0.717, 1.165) is 0 Å². The lowest BCUT2D eigenvalue weighted by Crippen LogP contribution is -2.40. The zero-order valence-electron chi connectivity index (χ0n) is 8.86. The molecular weight excluding hydrogens is 232 g/mol. The predicted molar refractivity (Wildman–Crippen MR) is 57.6 cm³/mol. The number of carboxylic acid groups (broad SMARTS) is 1. The molecule has 0 aromatic heterocycles. The van der Waals surface area contributed by atoms with Gasteiger partial charge in [-0.3, -0.25) is 0 Å². The Morgan fingerprint density at radius 1 is 1.50 bits per heavy atom. The Bertz CT molecular complexity index is 442. The van der Waals surface area contributed by atoms with Crippen LogP contribution in [0.1, 0.15) is 25.5 Å². The minimum atomic E-state index is -1.06. The van der Waals surface area contributed by atoms with E-state index in [-0.39, 0.29) is 0 Å². The maximum Gasteiger partial charge on any atom is 0.337 e. The summed E-state index contributed by atoms with van der Waals surface area (Å²) in [5, 5.41) is 9.47. The Hall–Kier alpha value is -1.26. The summed E-state index contributed by atoms with van der Waals surface area (Å²) in [6.45, 7) is 3.30. The molecule has 0 fully saturated rings. The van der Waals surface area contributed by atoms with Gasteiger partial charge < -0.3 is 14.6 Å². The van der Waals surface area contributed by atoms with Crippen LogP contribution in [0.5, 0.6) is 5.75 Å². The summed E-state index contributed by atoms with van der Waals surface area (Å²) in [7, 11) is 0. The topological polar surface area (TPSA) is 55.8 Å². The first-order chi connectivity index (χ1) is 7.41. The van der Waals surface area contributed by atoms with Gasteiger partial charge in [0.15, 0.2) is 6.10 Å². The number of rotatable bonds is 1. The van der Waals surface area contributed by atoms with Gasteiger partial charge in [0, 0.05) is 19.4 Å². The number of hydrogen-bond acceptors (Lipinski definition) is 3. The number of aliphatic carboxylic acids is 1. The van der Waals surface area contributed by atoms with Crippen molar-refractivity contribution in [2.45, 2.75) is 25.7 Å². The molecule has 0 aliphatic carbocycles. The Morgan fingerprint density at radius 3 is 2.81 bits per heavy atom. The van der Waals surface area contributed by atoms with Crippen LogP contribution in [0.15, 0.2) is 18.2 Å². The van der Waals surface area contributed by atoms with Gasteiger partial charge in [-0.25, -0.2) is 4.79 Å². The number of hydrogen-bond donors (Lipinski definition) is 1. The fraction of sp³-hybridized carbons (Fsp3) is 0.364. The predicted octanol–water partition coefficient (Wildman–Crippen LogP) is 2.61.